The number of rotatable bonds is 19. The van der Waals surface area contributed by atoms with Crippen molar-refractivity contribution in [3.63, 3.8) is 0 Å². The van der Waals surface area contributed by atoms with E-state index in [4.69, 9.17) is 10.2 Å². The molecule has 0 heterocycles. The predicted octanol–water partition coefficient (Wildman–Crippen LogP) is 3.36. The summed E-state index contributed by atoms with van der Waals surface area (Å²) in [6.07, 6.45) is 15.3. The summed E-state index contributed by atoms with van der Waals surface area (Å²) in [6, 6.07) is 0. The van der Waals surface area contributed by atoms with Gasteiger partial charge < -0.3 is 24.5 Å². The van der Waals surface area contributed by atoms with E-state index in [2.05, 4.69) is 16.2 Å². The molecule has 0 aromatic heterocycles. The monoisotopic (exact) mass is 374 g/mol. The SMILES string of the molecule is CCCCCCCCCCCCCCCC(=O)OB(O)OCC(O)CO. The minimum atomic E-state index is -1.69. The van der Waals surface area contributed by atoms with Gasteiger partial charge in [-0.2, -0.15) is 0 Å². The zero-order valence-electron chi connectivity index (χ0n) is 16.5. The van der Waals surface area contributed by atoms with Crippen LogP contribution in [-0.4, -0.2) is 47.8 Å². The molecule has 1 atom stereocenters. The quantitative estimate of drug-likeness (QED) is 0.237. The number of carbonyl (C=O) groups is 1. The molecule has 0 saturated carbocycles. The molecule has 26 heavy (non-hydrogen) atoms. The maximum atomic E-state index is 11.5. The van der Waals surface area contributed by atoms with E-state index in [0.29, 0.717) is 0 Å². The molecule has 0 aliphatic heterocycles. The zero-order valence-corrected chi connectivity index (χ0v) is 16.5. The predicted molar refractivity (Wildman–Crippen MR) is 103 cm³/mol. The molecule has 6 nitrogen and oxygen atoms in total. The minimum Gasteiger partial charge on any atom is -0.485 e. The highest BCUT2D eigenvalue weighted by Gasteiger charge is 2.22. The van der Waals surface area contributed by atoms with E-state index in [1.54, 1.807) is 0 Å². The van der Waals surface area contributed by atoms with Gasteiger partial charge in [-0.05, 0) is 6.42 Å². The smallest absolute Gasteiger partial charge is 0.485 e. The highest BCUT2D eigenvalue weighted by atomic mass is 16.7. The summed E-state index contributed by atoms with van der Waals surface area (Å²) in [5.41, 5.74) is 0. The fraction of sp³-hybridized carbons (Fsp3) is 0.947. The molecule has 1 unspecified atom stereocenters. The van der Waals surface area contributed by atoms with Crippen LogP contribution in [-0.2, 0) is 14.1 Å². The molecule has 0 spiro atoms. The molecule has 0 rings (SSSR count). The molecule has 0 bridgehead atoms. The summed E-state index contributed by atoms with van der Waals surface area (Å²) >= 11 is 0. The Morgan fingerprint density at radius 2 is 1.35 bits per heavy atom. The lowest BCUT2D eigenvalue weighted by Gasteiger charge is -2.11. The molecule has 7 heteroatoms. The van der Waals surface area contributed by atoms with Crippen molar-refractivity contribution in [3.05, 3.63) is 0 Å². The molecule has 154 valence electrons. The Morgan fingerprint density at radius 3 is 1.81 bits per heavy atom. The third-order valence-corrected chi connectivity index (χ3v) is 4.36. The Morgan fingerprint density at radius 1 is 0.885 bits per heavy atom. The fourth-order valence-corrected chi connectivity index (χ4v) is 2.74. The van der Waals surface area contributed by atoms with Gasteiger partial charge in [0.25, 0.3) is 5.97 Å². The second-order valence-electron chi connectivity index (χ2n) is 6.96. The Bertz CT molecular complexity index is 316. The maximum absolute atomic E-state index is 11.5. The first-order chi connectivity index (χ1) is 12.6. The molecule has 0 aromatic carbocycles. The molecular formula is C19H39BO6. The van der Waals surface area contributed by atoms with Crippen molar-refractivity contribution in [2.45, 2.75) is 103 Å². The number of hydrogen-bond acceptors (Lipinski definition) is 6. The molecule has 0 aliphatic carbocycles. The Balaban J connectivity index is 3.30. The Kier molecular flexibility index (Phi) is 18.7. The van der Waals surface area contributed by atoms with E-state index in [1.807, 2.05) is 0 Å². The van der Waals surface area contributed by atoms with E-state index in [-0.39, 0.29) is 13.0 Å². The van der Waals surface area contributed by atoms with E-state index in [9.17, 15) is 9.82 Å². The number of aliphatic hydroxyl groups excluding tert-OH is 2. The van der Waals surface area contributed by atoms with Crippen molar-refractivity contribution in [2.75, 3.05) is 13.2 Å². The average molecular weight is 374 g/mol. The van der Waals surface area contributed by atoms with Gasteiger partial charge >= 0.3 is 7.32 Å². The molecule has 0 amide bonds. The standard InChI is InChI=1S/C19H39BO6/c1-2-3-4-5-6-7-8-9-10-11-12-13-14-15-19(23)26-20(24)25-17-18(22)16-21/h18,21-22,24H,2-17H2,1H3. The molecule has 3 N–H and O–H groups in total. The topological polar surface area (TPSA) is 96.2 Å². The van der Waals surface area contributed by atoms with Crippen molar-refractivity contribution >= 4 is 13.3 Å². The Labute approximate surface area is 159 Å². The van der Waals surface area contributed by atoms with E-state index in [0.717, 1.165) is 19.3 Å². The second kappa shape index (κ2) is 19.1. The van der Waals surface area contributed by atoms with Crippen LogP contribution in [0.15, 0.2) is 0 Å². The van der Waals surface area contributed by atoms with Crippen molar-refractivity contribution in [1.29, 1.82) is 0 Å². The van der Waals surface area contributed by atoms with Crippen LogP contribution in [0.4, 0.5) is 0 Å². The van der Waals surface area contributed by atoms with E-state index >= 15 is 0 Å². The van der Waals surface area contributed by atoms with Crippen molar-refractivity contribution in [2.24, 2.45) is 0 Å². The molecule has 0 aliphatic rings. The molecular weight excluding hydrogens is 335 g/mol. The lowest BCUT2D eigenvalue weighted by Crippen LogP contribution is -2.31. The van der Waals surface area contributed by atoms with Crippen LogP contribution in [0.2, 0.25) is 0 Å². The number of unbranched alkanes of at least 4 members (excludes halogenated alkanes) is 12. The number of hydrogen-bond donors (Lipinski definition) is 3. The fourth-order valence-electron chi connectivity index (χ4n) is 2.74. The van der Waals surface area contributed by atoms with Crippen LogP contribution in [0.1, 0.15) is 96.8 Å². The summed E-state index contributed by atoms with van der Waals surface area (Å²) in [7, 11) is -1.69. The number of aliphatic hydroxyl groups is 2. The summed E-state index contributed by atoms with van der Waals surface area (Å²) in [5, 5.41) is 27.0. The largest absolute Gasteiger partial charge is 0.712 e. The molecule has 0 fully saturated rings. The van der Waals surface area contributed by atoms with Crippen LogP contribution in [0, 0.1) is 0 Å². The van der Waals surface area contributed by atoms with Gasteiger partial charge in [0.15, 0.2) is 0 Å². The van der Waals surface area contributed by atoms with Gasteiger partial charge in [0, 0.05) is 6.42 Å². The summed E-state index contributed by atoms with van der Waals surface area (Å²) in [5.74, 6) is -0.515. The molecule has 0 saturated heterocycles. The number of carbonyl (C=O) groups excluding carboxylic acids is 1. The highest BCUT2D eigenvalue weighted by Crippen LogP contribution is 2.13. The normalized spacial score (nSPS) is 12.2. The van der Waals surface area contributed by atoms with Gasteiger partial charge in [0.2, 0.25) is 0 Å². The first-order valence-corrected chi connectivity index (χ1v) is 10.4. The Hall–Kier alpha value is -0.625. The van der Waals surface area contributed by atoms with Gasteiger partial charge in [0.1, 0.15) is 0 Å². The summed E-state index contributed by atoms with van der Waals surface area (Å²) < 4.78 is 9.34. The lowest BCUT2D eigenvalue weighted by atomic mass is 10.0. The van der Waals surface area contributed by atoms with Crippen molar-refractivity contribution < 1.29 is 29.3 Å². The summed E-state index contributed by atoms with van der Waals surface area (Å²) in [4.78, 5) is 11.5. The van der Waals surface area contributed by atoms with Crippen LogP contribution in [0.5, 0.6) is 0 Å². The van der Waals surface area contributed by atoms with Crippen molar-refractivity contribution in [3.8, 4) is 0 Å². The van der Waals surface area contributed by atoms with Crippen LogP contribution >= 0.6 is 0 Å². The molecule has 0 aromatic rings. The minimum absolute atomic E-state index is 0.251. The second-order valence-corrected chi connectivity index (χ2v) is 6.96. The van der Waals surface area contributed by atoms with Gasteiger partial charge in [-0.15, -0.1) is 0 Å². The third-order valence-electron chi connectivity index (χ3n) is 4.36. The zero-order chi connectivity index (χ0) is 19.5. The molecule has 0 radical (unpaired) electrons. The van der Waals surface area contributed by atoms with Crippen molar-refractivity contribution in [1.82, 2.24) is 0 Å². The summed E-state index contributed by atoms with van der Waals surface area (Å²) in [6.45, 7) is 1.48. The highest BCUT2D eigenvalue weighted by molar-refractivity contribution is 6.37. The third kappa shape index (κ3) is 18.2. The van der Waals surface area contributed by atoms with Gasteiger partial charge in [-0.1, -0.05) is 84.0 Å². The van der Waals surface area contributed by atoms with Crippen LogP contribution in [0.25, 0.3) is 0 Å². The maximum Gasteiger partial charge on any atom is 0.712 e. The van der Waals surface area contributed by atoms with Gasteiger partial charge in [0.05, 0.1) is 19.3 Å². The van der Waals surface area contributed by atoms with Crippen LogP contribution < -0.4 is 0 Å². The van der Waals surface area contributed by atoms with E-state index in [1.165, 1.54) is 64.2 Å². The van der Waals surface area contributed by atoms with Crippen LogP contribution in [0.3, 0.4) is 0 Å². The lowest BCUT2D eigenvalue weighted by molar-refractivity contribution is -0.137. The first-order valence-electron chi connectivity index (χ1n) is 10.4. The average Bonchev–Trinajstić information content (AvgIpc) is 2.63. The van der Waals surface area contributed by atoms with Gasteiger partial charge in [-0.3, -0.25) is 4.79 Å². The van der Waals surface area contributed by atoms with Gasteiger partial charge in [-0.25, -0.2) is 0 Å². The first kappa shape index (κ1) is 25.4. The van der Waals surface area contributed by atoms with E-state index < -0.39 is 26.0 Å².